The fraction of sp³-hybridized carbons (Fsp3) is 0.750. The highest BCUT2D eigenvalue weighted by atomic mass is 16.2. The zero-order valence-electron chi connectivity index (χ0n) is 7.09. The number of hydrogen-bond donors (Lipinski definition) is 1. The second-order valence-electron chi connectivity index (χ2n) is 3.64. The number of nitrogens with zero attached hydrogens (tertiary/aromatic N) is 1. The van der Waals surface area contributed by atoms with Crippen molar-refractivity contribution in [2.24, 2.45) is 5.41 Å². The lowest BCUT2D eigenvalue weighted by atomic mass is 9.85. The summed E-state index contributed by atoms with van der Waals surface area (Å²) >= 11 is 0. The topological polar surface area (TPSA) is 49.4 Å². The van der Waals surface area contributed by atoms with Gasteiger partial charge in [-0.2, -0.15) is 0 Å². The third-order valence-corrected chi connectivity index (χ3v) is 2.87. The van der Waals surface area contributed by atoms with E-state index in [0.29, 0.717) is 13.0 Å². The Balaban J connectivity index is 2.29. The number of imide groups is 1. The molecule has 0 bridgehead atoms. The van der Waals surface area contributed by atoms with Gasteiger partial charge in [0.2, 0.25) is 11.8 Å². The van der Waals surface area contributed by atoms with E-state index in [1.807, 2.05) is 0 Å². The normalized spacial score (nSPS) is 35.6. The van der Waals surface area contributed by atoms with Crippen molar-refractivity contribution in [2.75, 3.05) is 20.1 Å². The van der Waals surface area contributed by atoms with Gasteiger partial charge in [-0.15, -0.1) is 0 Å². The smallest absolute Gasteiger partial charge is 0.236 e. The summed E-state index contributed by atoms with van der Waals surface area (Å²) in [6, 6.07) is 0. The predicted octanol–water partition coefficient (Wildman–Crippen LogP) is -0.645. The number of hydrogen-bond acceptors (Lipinski definition) is 3. The van der Waals surface area contributed by atoms with Crippen LogP contribution >= 0.6 is 0 Å². The molecule has 1 atom stereocenters. The average Bonchev–Trinajstić information content (AvgIpc) is 2.57. The van der Waals surface area contributed by atoms with Gasteiger partial charge in [0, 0.05) is 20.0 Å². The molecule has 2 heterocycles. The van der Waals surface area contributed by atoms with Crippen LogP contribution in [0.2, 0.25) is 0 Å². The Bertz CT molecular complexity index is 243. The molecule has 0 aromatic heterocycles. The van der Waals surface area contributed by atoms with Crippen LogP contribution in [0.25, 0.3) is 0 Å². The van der Waals surface area contributed by atoms with Crippen LogP contribution in [0.3, 0.4) is 0 Å². The first-order valence-corrected chi connectivity index (χ1v) is 4.17. The summed E-state index contributed by atoms with van der Waals surface area (Å²) in [5.74, 6) is -0.0406. The number of carbonyl (C=O) groups is 2. The fourth-order valence-electron chi connectivity index (χ4n) is 2.03. The van der Waals surface area contributed by atoms with E-state index >= 15 is 0 Å². The minimum atomic E-state index is -0.383. The summed E-state index contributed by atoms with van der Waals surface area (Å²) in [4.78, 5) is 24.1. The van der Waals surface area contributed by atoms with Crippen molar-refractivity contribution >= 4 is 11.8 Å². The predicted molar refractivity (Wildman–Crippen MR) is 42.3 cm³/mol. The largest absolute Gasteiger partial charge is 0.316 e. The maximum atomic E-state index is 11.6. The average molecular weight is 168 g/mol. The van der Waals surface area contributed by atoms with E-state index in [2.05, 4.69) is 5.32 Å². The van der Waals surface area contributed by atoms with Gasteiger partial charge in [0.15, 0.2) is 0 Å². The number of amides is 2. The van der Waals surface area contributed by atoms with Crippen LogP contribution in [-0.2, 0) is 9.59 Å². The van der Waals surface area contributed by atoms with Crippen LogP contribution in [0, 0.1) is 5.41 Å². The molecule has 0 radical (unpaired) electrons. The molecule has 4 heteroatoms. The highest BCUT2D eigenvalue weighted by Gasteiger charge is 2.51. The molecule has 0 aromatic carbocycles. The van der Waals surface area contributed by atoms with E-state index in [4.69, 9.17) is 0 Å². The van der Waals surface area contributed by atoms with Gasteiger partial charge in [-0.1, -0.05) is 0 Å². The standard InChI is InChI=1S/C8H12N2O2/c1-10-6(11)4-8(7(10)12)2-3-9-5-8/h9H,2-5H2,1H3/t8-/m1/s1. The van der Waals surface area contributed by atoms with Gasteiger partial charge in [0.05, 0.1) is 5.41 Å². The highest BCUT2D eigenvalue weighted by Crippen LogP contribution is 2.37. The zero-order chi connectivity index (χ0) is 8.77. The lowest BCUT2D eigenvalue weighted by molar-refractivity contribution is -0.139. The first kappa shape index (κ1) is 7.73. The van der Waals surface area contributed by atoms with E-state index in [0.717, 1.165) is 13.0 Å². The molecule has 2 saturated heterocycles. The number of rotatable bonds is 0. The Morgan fingerprint density at radius 1 is 1.50 bits per heavy atom. The maximum absolute atomic E-state index is 11.6. The SMILES string of the molecule is CN1C(=O)C[C@@]2(CCNC2)C1=O. The van der Waals surface area contributed by atoms with Crippen LogP contribution in [0.1, 0.15) is 12.8 Å². The zero-order valence-corrected chi connectivity index (χ0v) is 7.09. The molecular formula is C8H12N2O2. The molecule has 0 aliphatic carbocycles. The Morgan fingerprint density at radius 3 is 2.67 bits per heavy atom. The Morgan fingerprint density at radius 2 is 2.25 bits per heavy atom. The van der Waals surface area contributed by atoms with Gasteiger partial charge in [-0.3, -0.25) is 14.5 Å². The monoisotopic (exact) mass is 168 g/mol. The van der Waals surface area contributed by atoms with Crippen LogP contribution in [0.15, 0.2) is 0 Å². The van der Waals surface area contributed by atoms with Gasteiger partial charge in [0.25, 0.3) is 0 Å². The van der Waals surface area contributed by atoms with Gasteiger partial charge in [-0.05, 0) is 13.0 Å². The molecule has 66 valence electrons. The van der Waals surface area contributed by atoms with Crippen LogP contribution < -0.4 is 5.32 Å². The molecule has 0 aromatic rings. The highest BCUT2D eigenvalue weighted by molar-refractivity contribution is 6.05. The van der Waals surface area contributed by atoms with E-state index in [1.54, 1.807) is 7.05 Å². The molecule has 1 spiro atoms. The second kappa shape index (κ2) is 2.29. The summed E-state index contributed by atoms with van der Waals surface area (Å²) < 4.78 is 0. The van der Waals surface area contributed by atoms with Gasteiger partial charge >= 0.3 is 0 Å². The summed E-state index contributed by atoms with van der Waals surface area (Å²) in [6.07, 6.45) is 1.21. The molecular weight excluding hydrogens is 156 g/mol. The molecule has 2 aliphatic heterocycles. The summed E-state index contributed by atoms with van der Waals surface area (Å²) in [5.41, 5.74) is -0.383. The third-order valence-electron chi connectivity index (χ3n) is 2.87. The summed E-state index contributed by atoms with van der Waals surface area (Å²) in [5, 5.41) is 3.13. The molecule has 4 nitrogen and oxygen atoms in total. The molecule has 0 unspecified atom stereocenters. The van der Waals surface area contributed by atoms with Crippen LogP contribution in [0.5, 0.6) is 0 Å². The molecule has 2 amide bonds. The van der Waals surface area contributed by atoms with E-state index in [9.17, 15) is 9.59 Å². The Kier molecular flexibility index (Phi) is 1.48. The number of likely N-dealkylation sites (tertiary alicyclic amines) is 1. The van der Waals surface area contributed by atoms with Gasteiger partial charge in [0.1, 0.15) is 0 Å². The van der Waals surface area contributed by atoms with Crippen molar-refractivity contribution in [3.8, 4) is 0 Å². The number of carbonyl (C=O) groups excluding carboxylic acids is 2. The fourth-order valence-corrected chi connectivity index (χ4v) is 2.03. The van der Waals surface area contributed by atoms with Crippen molar-refractivity contribution in [2.45, 2.75) is 12.8 Å². The molecule has 12 heavy (non-hydrogen) atoms. The molecule has 2 rings (SSSR count). The van der Waals surface area contributed by atoms with Gasteiger partial charge < -0.3 is 5.32 Å². The second-order valence-corrected chi connectivity index (χ2v) is 3.64. The first-order chi connectivity index (χ1) is 5.66. The summed E-state index contributed by atoms with van der Waals surface area (Å²) in [6.45, 7) is 1.52. The van der Waals surface area contributed by atoms with E-state index < -0.39 is 0 Å². The van der Waals surface area contributed by atoms with Crippen LogP contribution in [0.4, 0.5) is 0 Å². The van der Waals surface area contributed by atoms with Crippen molar-refractivity contribution in [3.05, 3.63) is 0 Å². The quantitative estimate of drug-likeness (QED) is 0.489. The van der Waals surface area contributed by atoms with Crippen molar-refractivity contribution in [1.82, 2.24) is 10.2 Å². The minimum absolute atomic E-state index is 0.00231. The molecule has 1 N–H and O–H groups in total. The van der Waals surface area contributed by atoms with Crippen molar-refractivity contribution < 1.29 is 9.59 Å². The molecule has 2 fully saturated rings. The lowest BCUT2D eigenvalue weighted by Gasteiger charge is -2.17. The molecule has 2 aliphatic rings. The Labute approximate surface area is 70.9 Å². The number of nitrogens with one attached hydrogen (secondary N) is 1. The first-order valence-electron chi connectivity index (χ1n) is 4.17. The summed E-state index contributed by atoms with van der Waals surface area (Å²) in [7, 11) is 1.57. The third kappa shape index (κ3) is 0.813. The lowest BCUT2D eigenvalue weighted by Crippen LogP contribution is -2.34. The maximum Gasteiger partial charge on any atom is 0.236 e. The van der Waals surface area contributed by atoms with Gasteiger partial charge in [-0.25, -0.2) is 0 Å². The van der Waals surface area contributed by atoms with Crippen molar-refractivity contribution in [1.29, 1.82) is 0 Å². The van der Waals surface area contributed by atoms with Crippen molar-refractivity contribution in [3.63, 3.8) is 0 Å². The molecule has 0 saturated carbocycles. The van der Waals surface area contributed by atoms with Crippen LogP contribution in [-0.4, -0.2) is 36.9 Å². The Hall–Kier alpha value is -0.900. The van der Waals surface area contributed by atoms with E-state index in [1.165, 1.54) is 4.90 Å². The van der Waals surface area contributed by atoms with E-state index in [-0.39, 0.29) is 17.2 Å². The minimum Gasteiger partial charge on any atom is -0.316 e.